The Morgan fingerprint density at radius 2 is 1.92 bits per heavy atom. The maximum Gasteiger partial charge on any atom is 0.492 e. The number of alkyl halides is 3. The Labute approximate surface area is 154 Å². The van der Waals surface area contributed by atoms with Gasteiger partial charge in [0, 0.05) is 23.7 Å². The van der Waals surface area contributed by atoms with Crippen LogP contribution in [0.5, 0.6) is 11.5 Å². The first-order valence-corrected chi connectivity index (χ1v) is 8.96. The van der Waals surface area contributed by atoms with Crippen LogP contribution in [-0.2, 0) is 0 Å². The van der Waals surface area contributed by atoms with E-state index in [0.717, 1.165) is 32.1 Å². The van der Waals surface area contributed by atoms with Gasteiger partial charge in [0.05, 0.1) is 0 Å². The van der Waals surface area contributed by atoms with E-state index in [0.29, 0.717) is 6.54 Å². The van der Waals surface area contributed by atoms with Gasteiger partial charge in [0.15, 0.2) is 11.5 Å². The van der Waals surface area contributed by atoms with Crippen molar-refractivity contribution in [3.05, 3.63) is 23.2 Å². The number of benzene rings is 1. The lowest BCUT2D eigenvalue weighted by atomic mass is 9.94. The third-order valence-corrected chi connectivity index (χ3v) is 4.91. The van der Waals surface area contributed by atoms with Crippen molar-refractivity contribution in [2.75, 3.05) is 6.54 Å². The van der Waals surface area contributed by atoms with Crippen LogP contribution in [0, 0.1) is 0 Å². The second-order valence-corrected chi connectivity index (χ2v) is 6.85. The largest absolute Gasteiger partial charge is 0.492 e. The van der Waals surface area contributed by atoms with E-state index in [1.165, 1.54) is 23.1 Å². The molecular formula is C17H20ClF3N2O3. The van der Waals surface area contributed by atoms with Crippen LogP contribution in [0.4, 0.5) is 18.0 Å². The molecule has 1 heterocycles. The smallest absolute Gasteiger partial charge is 0.424 e. The number of hydrogen-bond acceptors (Lipinski definition) is 3. The molecule has 0 spiro atoms. The molecule has 1 atom stereocenters. The fraction of sp³-hybridized carbons (Fsp3) is 0.588. The summed E-state index contributed by atoms with van der Waals surface area (Å²) < 4.78 is 51.2. The summed E-state index contributed by atoms with van der Waals surface area (Å²) in [5.41, 5.74) is 0. The van der Waals surface area contributed by atoms with Crippen molar-refractivity contribution < 1.29 is 27.4 Å². The fourth-order valence-corrected chi connectivity index (χ4v) is 3.55. The maximum atomic E-state index is 13.7. The van der Waals surface area contributed by atoms with Crippen molar-refractivity contribution in [1.82, 2.24) is 10.2 Å². The Bertz CT molecular complexity index is 680. The first kappa shape index (κ1) is 18.9. The maximum absolute atomic E-state index is 13.7. The summed E-state index contributed by atoms with van der Waals surface area (Å²) >= 11 is 5.80. The molecule has 0 aromatic heterocycles. The van der Waals surface area contributed by atoms with Crippen molar-refractivity contribution in [3.8, 4) is 11.5 Å². The molecule has 2 aliphatic rings. The number of nitrogens with one attached hydrogen (secondary N) is 1. The van der Waals surface area contributed by atoms with Gasteiger partial charge in [0.1, 0.15) is 0 Å². The standard InChI is InChI=1S/C17H20ClF3N2O3/c1-2-23(12-6-4-3-5-7-12)15(24)22-17(16(19,20)21)25-13-9-8-11(18)10-14(13)26-17/h8-10,12H,2-7H2,1H3,(H,22,24)/t17-/m0/s1. The number of halogens is 4. The van der Waals surface area contributed by atoms with Gasteiger partial charge in [-0.25, -0.2) is 4.79 Å². The highest BCUT2D eigenvalue weighted by molar-refractivity contribution is 6.30. The normalized spacial score (nSPS) is 23.0. The van der Waals surface area contributed by atoms with Crippen LogP contribution < -0.4 is 14.8 Å². The molecule has 2 amide bonds. The van der Waals surface area contributed by atoms with Gasteiger partial charge in [-0.3, -0.25) is 5.32 Å². The van der Waals surface area contributed by atoms with Crippen LogP contribution >= 0.6 is 11.6 Å². The highest BCUT2D eigenvalue weighted by atomic mass is 35.5. The molecule has 26 heavy (non-hydrogen) atoms. The third kappa shape index (κ3) is 3.51. The summed E-state index contributed by atoms with van der Waals surface area (Å²) in [6.07, 6.45) is -0.453. The summed E-state index contributed by atoms with van der Waals surface area (Å²) in [6.45, 7) is 2.03. The van der Waals surface area contributed by atoms with Crippen molar-refractivity contribution in [3.63, 3.8) is 0 Å². The lowest BCUT2D eigenvalue weighted by Crippen LogP contribution is -2.67. The molecule has 144 valence electrons. The predicted molar refractivity (Wildman–Crippen MR) is 89.3 cm³/mol. The summed E-state index contributed by atoms with van der Waals surface area (Å²) in [5.74, 6) is -3.57. The van der Waals surface area contributed by atoms with Gasteiger partial charge in [0.25, 0.3) is 0 Å². The SMILES string of the molecule is CCN(C(=O)N[C@@]1(C(F)(F)F)Oc2ccc(Cl)cc2O1)C1CCCCC1. The molecule has 1 aliphatic heterocycles. The zero-order valence-corrected chi connectivity index (χ0v) is 15.0. The molecule has 0 radical (unpaired) electrons. The van der Waals surface area contributed by atoms with Gasteiger partial charge >= 0.3 is 18.1 Å². The van der Waals surface area contributed by atoms with E-state index in [4.69, 9.17) is 21.1 Å². The number of ether oxygens (including phenoxy) is 2. The second kappa shape index (κ2) is 7.06. The quantitative estimate of drug-likeness (QED) is 0.811. The molecule has 1 aromatic rings. The van der Waals surface area contributed by atoms with Crippen LogP contribution in [0.3, 0.4) is 0 Å². The molecule has 9 heteroatoms. The zero-order valence-electron chi connectivity index (χ0n) is 14.2. The molecule has 1 fully saturated rings. The van der Waals surface area contributed by atoms with Gasteiger partial charge < -0.3 is 14.4 Å². The number of amides is 2. The van der Waals surface area contributed by atoms with Crippen molar-refractivity contribution in [2.24, 2.45) is 0 Å². The van der Waals surface area contributed by atoms with Crippen LogP contribution in [-0.4, -0.2) is 35.6 Å². The lowest BCUT2D eigenvalue weighted by Gasteiger charge is -2.37. The Kier molecular flexibility index (Phi) is 5.14. The molecule has 0 unspecified atom stereocenters. The molecule has 5 nitrogen and oxygen atoms in total. The number of fused-ring (bicyclic) bond motifs is 1. The van der Waals surface area contributed by atoms with Crippen molar-refractivity contribution >= 4 is 17.6 Å². The summed E-state index contributed by atoms with van der Waals surface area (Å²) in [5, 5.41) is 2.12. The van der Waals surface area contributed by atoms with Gasteiger partial charge in [-0.15, -0.1) is 0 Å². The van der Waals surface area contributed by atoms with E-state index in [-0.39, 0.29) is 22.6 Å². The highest BCUT2D eigenvalue weighted by Crippen LogP contribution is 2.46. The number of carbonyl (C=O) groups is 1. The van der Waals surface area contributed by atoms with Crippen LogP contribution in [0.2, 0.25) is 5.02 Å². The first-order chi connectivity index (χ1) is 12.3. The molecule has 1 aromatic carbocycles. The molecule has 1 N–H and O–H groups in total. The predicted octanol–water partition coefficient (Wildman–Crippen LogP) is 4.69. The third-order valence-electron chi connectivity index (χ3n) is 4.67. The monoisotopic (exact) mass is 392 g/mol. The van der Waals surface area contributed by atoms with Crippen LogP contribution in [0.25, 0.3) is 0 Å². The van der Waals surface area contributed by atoms with Gasteiger partial charge in [-0.1, -0.05) is 30.9 Å². The topological polar surface area (TPSA) is 50.8 Å². The number of rotatable bonds is 3. The number of nitrogens with zero attached hydrogens (tertiary/aromatic N) is 1. The van der Waals surface area contributed by atoms with E-state index in [9.17, 15) is 18.0 Å². The first-order valence-electron chi connectivity index (χ1n) is 8.59. The zero-order chi connectivity index (χ0) is 18.9. The Morgan fingerprint density at radius 3 is 2.54 bits per heavy atom. The fourth-order valence-electron chi connectivity index (χ4n) is 3.39. The number of urea groups is 1. The number of carbonyl (C=O) groups excluding carboxylic acids is 1. The van der Waals surface area contributed by atoms with Crippen molar-refractivity contribution in [2.45, 2.75) is 57.2 Å². The highest BCUT2D eigenvalue weighted by Gasteiger charge is 2.66. The minimum atomic E-state index is -4.99. The van der Waals surface area contributed by atoms with Gasteiger partial charge in [-0.05, 0) is 31.9 Å². The average molecular weight is 393 g/mol. The average Bonchev–Trinajstić information content (AvgIpc) is 2.94. The molecule has 3 rings (SSSR count). The van der Waals surface area contributed by atoms with Gasteiger partial charge in [-0.2, -0.15) is 13.2 Å². The molecule has 0 saturated heterocycles. The lowest BCUT2D eigenvalue weighted by molar-refractivity contribution is -0.318. The Balaban J connectivity index is 1.82. The number of hydrogen-bond donors (Lipinski definition) is 1. The minimum absolute atomic E-state index is 0.0859. The molecule has 1 saturated carbocycles. The second-order valence-electron chi connectivity index (χ2n) is 6.42. The van der Waals surface area contributed by atoms with Crippen LogP contribution in [0.15, 0.2) is 18.2 Å². The summed E-state index contributed by atoms with van der Waals surface area (Å²) in [4.78, 5) is 14.0. The van der Waals surface area contributed by atoms with Crippen LogP contribution in [0.1, 0.15) is 39.0 Å². The Morgan fingerprint density at radius 1 is 1.27 bits per heavy atom. The summed E-state index contributed by atoms with van der Waals surface area (Å²) in [7, 11) is 0. The van der Waals surface area contributed by atoms with E-state index in [1.54, 1.807) is 6.92 Å². The van der Waals surface area contributed by atoms with Crippen molar-refractivity contribution in [1.29, 1.82) is 0 Å². The molecule has 1 aliphatic carbocycles. The minimum Gasteiger partial charge on any atom is -0.424 e. The summed E-state index contributed by atoms with van der Waals surface area (Å²) in [6, 6.07) is 2.93. The molecule has 0 bridgehead atoms. The van der Waals surface area contributed by atoms with Gasteiger partial charge in [0.2, 0.25) is 0 Å². The van der Waals surface area contributed by atoms with E-state index in [2.05, 4.69) is 0 Å². The van der Waals surface area contributed by atoms with E-state index in [1.807, 2.05) is 5.32 Å². The van der Waals surface area contributed by atoms with E-state index >= 15 is 0 Å². The Hall–Kier alpha value is -1.83. The van der Waals surface area contributed by atoms with E-state index < -0.39 is 18.1 Å². The molecular weight excluding hydrogens is 373 g/mol.